The van der Waals surface area contributed by atoms with Gasteiger partial charge >= 0.3 is 0 Å². The molecule has 1 saturated carbocycles. The maximum atomic E-state index is 12.6. The van der Waals surface area contributed by atoms with Crippen molar-refractivity contribution >= 4 is 17.6 Å². The summed E-state index contributed by atoms with van der Waals surface area (Å²) in [6, 6.07) is 7.36. The highest BCUT2D eigenvalue weighted by molar-refractivity contribution is 5.97. The van der Waals surface area contributed by atoms with Crippen LogP contribution in [0.3, 0.4) is 0 Å². The van der Waals surface area contributed by atoms with Gasteiger partial charge < -0.3 is 10.2 Å². The Labute approximate surface area is 148 Å². The predicted octanol–water partition coefficient (Wildman–Crippen LogP) is 2.48. The molecule has 1 aliphatic carbocycles. The number of hydrogen-bond donors (Lipinski definition) is 1. The molecule has 2 fully saturated rings. The second-order valence-electron chi connectivity index (χ2n) is 7.11. The molecule has 1 N–H and O–H groups in total. The Morgan fingerprint density at radius 3 is 2.72 bits per heavy atom. The maximum absolute atomic E-state index is 12.6. The Kier molecular flexibility index (Phi) is 5.51. The fourth-order valence-corrected chi connectivity index (χ4v) is 4.12. The van der Waals surface area contributed by atoms with Crippen molar-refractivity contribution in [3.63, 3.8) is 0 Å². The Bertz CT molecular complexity index is 671. The minimum Gasteiger partial charge on any atom is -0.343 e. The van der Waals surface area contributed by atoms with Gasteiger partial charge in [0.2, 0.25) is 5.91 Å². The number of ketones is 1. The fraction of sp³-hybridized carbons (Fsp3) is 0.550. The second-order valence-corrected chi connectivity index (χ2v) is 7.11. The zero-order valence-corrected chi connectivity index (χ0v) is 14.8. The van der Waals surface area contributed by atoms with Crippen LogP contribution in [-0.2, 0) is 9.59 Å². The highest BCUT2D eigenvalue weighted by atomic mass is 16.2. The van der Waals surface area contributed by atoms with E-state index in [0.717, 1.165) is 37.7 Å². The Morgan fingerprint density at radius 1 is 1.16 bits per heavy atom. The highest BCUT2D eigenvalue weighted by Gasteiger charge is 2.38. The van der Waals surface area contributed by atoms with E-state index in [1.807, 2.05) is 30.0 Å². The molecule has 0 spiro atoms. The van der Waals surface area contributed by atoms with E-state index in [9.17, 15) is 14.4 Å². The van der Waals surface area contributed by atoms with Gasteiger partial charge in [-0.25, -0.2) is 0 Å². The Hall–Kier alpha value is -2.17. The third kappa shape index (κ3) is 3.91. The van der Waals surface area contributed by atoms with Crippen LogP contribution in [0.4, 0.5) is 0 Å². The normalized spacial score (nSPS) is 23.6. The molecule has 1 saturated heterocycles. The number of hydrogen-bond acceptors (Lipinski definition) is 3. The highest BCUT2D eigenvalue weighted by Crippen LogP contribution is 2.32. The van der Waals surface area contributed by atoms with Crippen molar-refractivity contribution in [2.75, 3.05) is 13.1 Å². The predicted molar refractivity (Wildman–Crippen MR) is 95.2 cm³/mol. The van der Waals surface area contributed by atoms with Crippen LogP contribution in [0, 0.1) is 12.8 Å². The number of amides is 2. The van der Waals surface area contributed by atoms with Crippen molar-refractivity contribution < 1.29 is 14.4 Å². The number of carbonyl (C=O) groups is 3. The third-order valence-electron chi connectivity index (χ3n) is 5.48. The molecule has 5 heteroatoms. The van der Waals surface area contributed by atoms with Gasteiger partial charge in [0.05, 0.1) is 6.54 Å². The van der Waals surface area contributed by atoms with E-state index >= 15 is 0 Å². The van der Waals surface area contributed by atoms with Crippen LogP contribution in [-0.4, -0.2) is 41.6 Å². The number of nitrogens with zero attached hydrogens (tertiary/aromatic N) is 1. The van der Waals surface area contributed by atoms with Crippen molar-refractivity contribution in [2.24, 2.45) is 5.92 Å². The molecular weight excluding hydrogens is 316 g/mol. The maximum Gasteiger partial charge on any atom is 0.251 e. The van der Waals surface area contributed by atoms with Gasteiger partial charge in [0.15, 0.2) is 0 Å². The van der Waals surface area contributed by atoms with Crippen LogP contribution in [0.25, 0.3) is 0 Å². The molecule has 0 aromatic heterocycles. The molecule has 0 bridgehead atoms. The van der Waals surface area contributed by atoms with Crippen LogP contribution >= 0.6 is 0 Å². The van der Waals surface area contributed by atoms with Crippen molar-refractivity contribution in [1.82, 2.24) is 10.2 Å². The summed E-state index contributed by atoms with van der Waals surface area (Å²) >= 11 is 0. The number of likely N-dealkylation sites (tertiary alicyclic amines) is 1. The molecule has 2 atom stereocenters. The quantitative estimate of drug-likeness (QED) is 0.914. The number of aryl methyl sites for hydroxylation is 1. The van der Waals surface area contributed by atoms with E-state index < -0.39 is 0 Å². The second kappa shape index (κ2) is 7.81. The minimum atomic E-state index is -0.226. The smallest absolute Gasteiger partial charge is 0.251 e. The summed E-state index contributed by atoms with van der Waals surface area (Å²) < 4.78 is 0. The molecule has 1 heterocycles. The summed E-state index contributed by atoms with van der Waals surface area (Å²) in [5, 5.41) is 2.74. The molecule has 5 nitrogen and oxygen atoms in total. The zero-order valence-electron chi connectivity index (χ0n) is 14.8. The number of benzene rings is 1. The largest absolute Gasteiger partial charge is 0.343 e. The van der Waals surface area contributed by atoms with E-state index in [-0.39, 0.29) is 30.3 Å². The summed E-state index contributed by atoms with van der Waals surface area (Å²) in [5.74, 6) is -0.00841. The zero-order chi connectivity index (χ0) is 17.8. The van der Waals surface area contributed by atoms with Gasteiger partial charge in [-0.1, -0.05) is 24.6 Å². The lowest BCUT2D eigenvalue weighted by atomic mass is 9.82. The summed E-state index contributed by atoms with van der Waals surface area (Å²) in [6.45, 7) is 2.56. The molecule has 1 aromatic carbocycles. The lowest BCUT2D eigenvalue weighted by molar-refractivity contribution is -0.135. The first kappa shape index (κ1) is 17.6. The van der Waals surface area contributed by atoms with Crippen molar-refractivity contribution in [3.8, 4) is 0 Å². The summed E-state index contributed by atoms with van der Waals surface area (Å²) in [5.41, 5.74) is 1.48. The van der Waals surface area contributed by atoms with Gasteiger partial charge in [-0.2, -0.15) is 0 Å². The number of nitrogens with one attached hydrogen (secondary N) is 1. The summed E-state index contributed by atoms with van der Waals surface area (Å²) in [6.07, 6.45) is 5.41. The molecule has 1 aliphatic heterocycles. The Morgan fingerprint density at radius 2 is 1.96 bits per heavy atom. The lowest BCUT2D eigenvalue weighted by Gasteiger charge is -2.33. The van der Waals surface area contributed by atoms with E-state index in [4.69, 9.17) is 0 Å². The number of carbonyl (C=O) groups excluding carboxylic acids is 3. The molecule has 2 amide bonds. The van der Waals surface area contributed by atoms with Crippen LogP contribution in [0.2, 0.25) is 0 Å². The van der Waals surface area contributed by atoms with E-state index in [0.29, 0.717) is 24.3 Å². The van der Waals surface area contributed by atoms with Gasteiger partial charge in [-0.15, -0.1) is 0 Å². The molecule has 2 aliphatic rings. The van der Waals surface area contributed by atoms with Crippen molar-refractivity contribution in [3.05, 3.63) is 35.4 Å². The monoisotopic (exact) mass is 342 g/mol. The van der Waals surface area contributed by atoms with E-state index in [1.54, 1.807) is 6.07 Å². The van der Waals surface area contributed by atoms with Crippen LogP contribution < -0.4 is 5.32 Å². The topological polar surface area (TPSA) is 66.5 Å². The van der Waals surface area contributed by atoms with Gasteiger partial charge in [-0.05, 0) is 44.2 Å². The molecule has 3 rings (SSSR count). The van der Waals surface area contributed by atoms with Crippen molar-refractivity contribution in [1.29, 1.82) is 0 Å². The standard InChI is InChI=1S/C20H26N2O3/c1-14-7-2-3-8-15(14)20(25)21-13-19(24)22-12-6-10-17(22)16-9-4-5-11-18(16)23/h2-3,7-8,16-17H,4-6,9-13H2,1H3,(H,21,25). The van der Waals surface area contributed by atoms with Crippen LogP contribution in [0.15, 0.2) is 24.3 Å². The first-order chi connectivity index (χ1) is 12.1. The summed E-state index contributed by atoms with van der Waals surface area (Å²) in [4.78, 5) is 39.0. The molecule has 2 unspecified atom stereocenters. The van der Waals surface area contributed by atoms with E-state index in [1.165, 1.54) is 0 Å². The number of rotatable bonds is 4. The summed E-state index contributed by atoms with van der Waals surface area (Å²) in [7, 11) is 0. The molecule has 134 valence electrons. The average Bonchev–Trinajstić information content (AvgIpc) is 3.10. The fourth-order valence-electron chi connectivity index (χ4n) is 4.12. The van der Waals surface area contributed by atoms with Gasteiger partial charge in [-0.3, -0.25) is 14.4 Å². The SMILES string of the molecule is Cc1ccccc1C(=O)NCC(=O)N1CCCC1C1CCCCC1=O. The first-order valence-electron chi connectivity index (χ1n) is 9.24. The van der Waals surface area contributed by atoms with Crippen LogP contribution in [0.1, 0.15) is 54.4 Å². The molecular formula is C20H26N2O3. The molecule has 0 radical (unpaired) electrons. The third-order valence-corrected chi connectivity index (χ3v) is 5.48. The molecule has 1 aromatic rings. The van der Waals surface area contributed by atoms with Gasteiger partial charge in [0.25, 0.3) is 5.91 Å². The van der Waals surface area contributed by atoms with Gasteiger partial charge in [0, 0.05) is 30.5 Å². The average molecular weight is 342 g/mol. The first-order valence-corrected chi connectivity index (χ1v) is 9.24. The Balaban J connectivity index is 1.59. The van der Waals surface area contributed by atoms with E-state index in [2.05, 4.69) is 5.32 Å². The minimum absolute atomic E-state index is 0.00716. The van der Waals surface area contributed by atoms with Gasteiger partial charge in [0.1, 0.15) is 5.78 Å². The molecule has 25 heavy (non-hydrogen) atoms. The number of Topliss-reactive ketones (excluding diaryl/α,β-unsaturated/α-hetero) is 1. The van der Waals surface area contributed by atoms with Crippen molar-refractivity contribution in [2.45, 2.75) is 51.5 Å². The van der Waals surface area contributed by atoms with Crippen LogP contribution in [0.5, 0.6) is 0 Å². The lowest BCUT2D eigenvalue weighted by Crippen LogP contribution is -2.47.